The summed E-state index contributed by atoms with van der Waals surface area (Å²) < 4.78 is 20.0. The van der Waals surface area contributed by atoms with Gasteiger partial charge in [-0.2, -0.15) is 5.26 Å². The maximum atomic E-state index is 14.5. The van der Waals surface area contributed by atoms with Crippen molar-refractivity contribution in [2.75, 3.05) is 6.61 Å². The number of hydrogen-bond acceptors (Lipinski definition) is 8. The lowest BCUT2D eigenvalue weighted by molar-refractivity contribution is -0.139. The number of carbonyl (C=O) groups excluding carboxylic acids is 1. The average molecular weight is 644 g/mol. The molecule has 1 aromatic heterocycles. The van der Waals surface area contributed by atoms with Crippen molar-refractivity contribution in [2.45, 2.75) is 46.4 Å². The van der Waals surface area contributed by atoms with E-state index in [2.05, 4.69) is 6.07 Å². The second-order valence-electron chi connectivity index (χ2n) is 11.3. The Morgan fingerprint density at radius 2 is 1.77 bits per heavy atom. The highest BCUT2D eigenvalue weighted by atomic mass is 32.1. The van der Waals surface area contributed by atoms with Crippen LogP contribution in [0.25, 0.3) is 16.8 Å². The SMILES string of the molecule is CCOC(=O)C1=C(C)N=c2s/c(=C\c3c(OCc4ccc(C#N)cc4)ccc4ccccc34)c(=O)n2[C@H]1c1ccccc1OC(C)C. The minimum Gasteiger partial charge on any atom is -0.491 e. The maximum Gasteiger partial charge on any atom is 0.338 e. The van der Waals surface area contributed by atoms with E-state index in [1.807, 2.05) is 92.7 Å². The Hall–Kier alpha value is -5.46. The van der Waals surface area contributed by atoms with Crippen molar-refractivity contribution >= 4 is 34.2 Å². The van der Waals surface area contributed by atoms with Gasteiger partial charge >= 0.3 is 5.97 Å². The number of carbonyl (C=O) groups is 1. The van der Waals surface area contributed by atoms with E-state index >= 15 is 0 Å². The van der Waals surface area contributed by atoms with Gasteiger partial charge in [-0.15, -0.1) is 0 Å². The lowest BCUT2D eigenvalue weighted by atomic mass is 9.95. The Kier molecular flexibility index (Phi) is 9.05. The molecule has 0 N–H and O–H groups in total. The molecule has 1 aliphatic heterocycles. The molecule has 1 aliphatic rings. The normalized spacial score (nSPS) is 14.5. The Labute approximate surface area is 276 Å². The molecular weight excluding hydrogens is 611 g/mol. The third-order valence-corrected chi connectivity index (χ3v) is 8.76. The summed E-state index contributed by atoms with van der Waals surface area (Å²) >= 11 is 1.26. The van der Waals surface area contributed by atoms with Crippen LogP contribution in [-0.2, 0) is 16.1 Å². The quantitative estimate of drug-likeness (QED) is 0.178. The summed E-state index contributed by atoms with van der Waals surface area (Å²) in [6.45, 7) is 7.84. The predicted octanol–water partition coefficient (Wildman–Crippen LogP) is 6.19. The van der Waals surface area contributed by atoms with Crippen LogP contribution >= 0.6 is 11.3 Å². The fraction of sp³-hybridized carbons (Fsp3) is 0.211. The minimum atomic E-state index is -0.804. The molecule has 0 saturated heterocycles. The van der Waals surface area contributed by atoms with E-state index in [9.17, 15) is 9.59 Å². The van der Waals surface area contributed by atoms with Gasteiger partial charge in [-0.25, -0.2) is 9.79 Å². The van der Waals surface area contributed by atoms with Crippen LogP contribution in [0.3, 0.4) is 0 Å². The Bertz CT molecular complexity index is 2240. The van der Waals surface area contributed by atoms with Crippen molar-refractivity contribution < 1.29 is 19.0 Å². The number of allylic oxidation sites excluding steroid dienone is 1. The van der Waals surface area contributed by atoms with E-state index in [0.717, 1.165) is 21.9 Å². The molecule has 4 aromatic carbocycles. The molecule has 0 bridgehead atoms. The highest BCUT2D eigenvalue weighted by Gasteiger charge is 2.35. The molecule has 8 nitrogen and oxygen atoms in total. The number of fused-ring (bicyclic) bond motifs is 2. The van der Waals surface area contributed by atoms with E-state index in [4.69, 9.17) is 24.5 Å². The van der Waals surface area contributed by atoms with Crippen LogP contribution in [0, 0.1) is 11.3 Å². The molecule has 236 valence electrons. The van der Waals surface area contributed by atoms with Crippen molar-refractivity contribution in [3.63, 3.8) is 0 Å². The first-order valence-corrected chi connectivity index (χ1v) is 16.2. The molecule has 47 heavy (non-hydrogen) atoms. The fourth-order valence-corrected chi connectivity index (χ4v) is 6.70. The molecule has 0 amide bonds. The largest absolute Gasteiger partial charge is 0.491 e. The summed E-state index contributed by atoms with van der Waals surface area (Å²) in [4.78, 5) is 33.1. The van der Waals surface area contributed by atoms with Crippen molar-refractivity contribution in [1.82, 2.24) is 4.57 Å². The number of hydrogen-bond donors (Lipinski definition) is 0. The number of rotatable bonds is 9. The number of nitrogens with zero attached hydrogens (tertiary/aromatic N) is 3. The van der Waals surface area contributed by atoms with Gasteiger partial charge in [-0.05, 0) is 74.4 Å². The number of thiazole rings is 1. The summed E-state index contributed by atoms with van der Waals surface area (Å²) in [5.74, 6) is 0.653. The second-order valence-corrected chi connectivity index (χ2v) is 12.3. The molecule has 6 rings (SSSR count). The number of nitriles is 1. The van der Waals surface area contributed by atoms with Crippen LogP contribution in [0.4, 0.5) is 0 Å². The molecular formula is C38H33N3O5S. The smallest absolute Gasteiger partial charge is 0.338 e. The van der Waals surface area contributed by atoms with Crippen LogP contribution in [0.15, 0.2) is 106 Å². The highest BCUT2D eigenvalue weighted by Crippen LogP contribution is 2.36. The van der Waals surface area contributed by atoms with Gasteiger partial charge in [0.15, 0.2) is 4.80 Å². The lowest BCUT2D eigenvalue weighted by Crippen LogP contribution is -2.40. The van der Waals surface area contributed by atoms with Crippen molar-refractivity contribution in [1.29, 1.82) is 5.26 Å². The number of para-hydroxylation sites is 1. The monoisotopic (exact) mass is 643 g/mol. The van der Waals surface area contributed by atoms with Crippen LogP contribution in [0.1, 0.15) is 56.0 Å². The summed E-state index contributed by atoms with van der Waals surface area (Å²) in [5, 5.41) is 11.1. The van der Waals surface area contributed by atoms with Crippen molar-refractivity contribution in [3.05, 3.63) is 138 Å². The van der Waals surface area contributed by atoms with Crippen molar-refractivity contribution in [3.8, 4) is 17.6 Å². The Balaban J connectivity index is 1.53. The molecule has 0 radical (unpaired) electrons. The van der Waals surface area contributed by atoms with Crippen LogP contribution in [0.5, 0.6) is 11.5 Å². The first kappa shape index (κ1) is 31.5. The molecule has 0 fully saturated rings. The minimum absolute atomic E-state index is 0.128. The predicted molar refractivity (Wildman–Crippen MR) is 182 cm³/mol. The molecule has 1 atom stereocenters. The number of esters is 1. The first-order chi connectivity index (χ1) is 22.8. The summed E-state index contributed by atoms with van der Waals surface area (Å²) in [6.07, 6.45) is 1.72. The fourth-order valence-electron chi connectivity index (χ4n) is 5.67. The molecule has 0 aliphatic carbocycles. The van der Waals surface area contributed by atoms with Gasteiger partial charge in [0.1, 0.15) is 24.1 Å². The standard InChI is InChI=1S/C38H33N3O5S/c1-5-44-37(43)34-24(4)40-38-41(35(34)29-12-8-9-13-32(29)46-23(2)3)36(42)33(47-38)20-30-28-11-7-6-10-27(28)18-19-31(30)45-22-26-16-14-25(21-39)15-17-26/h6-20,23,35H,5,22H2,1-4H3/b33-20-/t35-/m0/s1. The highest BCUT2D eigenvalue weighted by molar-refractivity contribution is 7.07. The van der Waals surface area contributed by atoms with Crippen LogP contribution in [0.2, 0.25) is 0 Å². The van der Waals surface area contributed by atoms with Gasteiger partial charge in [-0.3, -0.25) is 9.36 Å². The molecule has 9 heteroatoms. The lowest BCUT2D eigenvalue weighted by Gasteiger charge is -2.26. The van der Waals surface area contributed by atoms with E-state index < -0.39 is 12.0 Å². The second kappa shape index (κ2) is 13.5. The maximum absolute atomic E-state index is 14.5. The summed E-state index contributed by atoms with van der Waals surface area (Å²) in [5.41, 5.74) is 3.39. The molecule has 0 spiro atoms. The first-order valence-electron chi connectivity index (χ1n) is 15.4. The van der Waals surface area contributed by atoms with E-state index in [1.165, 1.54) is 11.3 Å². The van der Waals surface area contributed by atoms with Gasteiger partial charge in [0.25, 0.3) is 5.56 Å². The van der Waals surface area contributed by atoms with Crippen LogP contribution in [-0.4, -0.2) is 23.2 Å². The van der Waals surface area contributed by atoms with Gasteiger partial charge in [0, 0.05) is 11.1 Å². The molecule has 2 heterocycles. The Morgan fingerprint density at radius 3 is 2.51 bits per heavy atom. The molecule has 0 saturated carbocycles. The van der Waals surface area contributed by atoms with Crippen molar-refractivity contribution in [2.24, 2.45) is 4.99 Å². The molecule has 0 unspecified atom stereocenters. The van der Waals surface area contributed by atoms with Gasteiger partial charge in [0.2, 0.25) is 0 Å². The average Bonchev–Trinajstić information content (AvgIpc) is 3.37. The van der Waals surface area contributed by atoms with Gasteiger partial charge in [0.05, 0.1) is 40.1 Å². The number of aromatic nitrogens is 1. The third kappa shape index (κ3) is 6.33. The van der Waals surface area contributed by atoms with E-state index in [0.29, 0.717) is 43.2 Å². The number of ether oxygens (including phenoxy) is 3. The van der Waals surface area contributed by atoms with E-state index in [-0.39, 0.29) is 24.9 Å². The van der Waals surface area contributed by atoms with Crippen LogP contribution < -0.4 is 24.4 Å². The van der Waals surface area contributed by atoms with Gasteiger partial charge < -0.3 is 14.2 Å². The summed E-state index contributed by atoms with van der Waals surface area (Å²) in [7, 11) is 0. The van der Waals surface area contributed by atoms with Gasteiger partial charge in [-0.1, -0.05) is 72.0 Å². The van der Waals surface area contributed by atoms with E-state index in [1.54, 1.807) is 30.5 Å². The topological polar surface area (TPSA) is 103 Å². The Morgan fingerprint density at radius 1 is 1.02 bits per heavy atom. The zero-order valence-corrected chi connectivity index (χ0v) is 27.3. The summed E-state index contributed by atoms with van der Waals surface area (Å²) in [6, 6.07) is 27.8. The zero-order valence-electron chi connectivity index (χ0n) is 26.5. The molecule has 5 aromatic rings. The number of benzene rings is 4. The third-order valence-electron chi connectivity index (χ3n) is 7.78. The zero-order chi connectivity index (χ0) is 33.1.